The summed E-state index contributed by atoms with van der Waals surface area (Å²) in [5, 5.41) is 6.54. The lowest BCUT2D eigenvalue weighted by Crippen LogP contribution is -2.23. The van der Waals surface area contributed by atoms with Gasteiger partial charge in [0.1, 0.15) is 12.4 Å². The molecule has 0 bridgehead atoms. The highest BCUT2D eigenvalue weighted by atomic mass is 16.5. The van der Waals surface area contributed by atoms with Crippen LogP contribution in [0.1, 0.15) is 28.7 Å². The first kappa shape index (κ1) is 17.5. The molecule has 3 rings (SSSR count). The summed E-state index contributed by atoms with van der Waals surface area (Å²) in [6, 6.07) is 8.95. The largest absolute Gasteiger partial charge is 0.497 e. The summed E-state index contributed by atoms with van der Waals surface area (Å²) in [5.41, 5.74) is 1.86. The first-order valence-electron chi connectivity index (χ1n) is 8.19. The second-order valence-electron chi connectivity index (χ2n) is 5.52. The Labute approximate surface area is 150 Å². The van der Waals surface area contributed by atoms with Gasteiger partial charge in [0.2, 0.25) is 5.76 Å². The van der Waals surface area contributed by atoms with E-state index in [2.05, 4.69) is 15.5 Å². The van der Waals surface area contributed by atoms with Gasteiger partial charge in [-0.25, -0.2) is 4.98 Å². The molecule has 136 valence electrons. The molecule has 2 aromatic heterocycles. The highest BCUT2D eigenvalue weighted by Gasteiger charge is 2.14. The maximum Gasteiger partial charge on any atom is 0.290 e. The molecule has 8 heteroatoms. The van der Waals surface area contributed by atoms with Crippen LogP contribution < -0.4 is 14.8 Å². The predicted octanol–water partition coefficient (Wildman–Crippen LogP) is 2.41. The average molecular weight is 356 g/mol. The molecule has 8 nitrogen and oxygen atoms in total. The van der Waals surface area contributed by atoms with Crippen molar-refractivity contribution in [1.29, 1.82) is 0 Å². The third-order valence-electron chi connectivity index (χ3n) is 3.83. The second-order valence-corrected chi connectivity index (χ2v) is 5.52. The van der Waals surface area contributed by atoms with Crippen LogP contribution in [0.25, 0.3) is 0 Å². The van der Waals surface area contributed by atoms with Crippen molar-refractivity contribution in [2.75, 3.05) is 7.11 Å². The van der Waals surface area contributed by atoms with E-state index in [1.165, 1.54) is 6.07 Å². The summed E-state index contributed by atoms with van der Waals surface area (Å²) in [6.07, 6.45) is 3.44. The monoisotopic (exact) mass is 356 g/mol. The van der Waals surface area contributed by atoms with E-state index in [1.54, 1.807) is 19.6 Å². The fourth-order valence-corrected chi connectivity index (χ4v) is 2.35. The number of carbonyl (C=O) groups excluding carboxylic acids is 1. The van der Waals surface area contributed by atoms with E-state index in [9.17, 15) is 4.79 Å². The smallest absolute Gasteiger partial charge is 0.290 e. The molecular weight excluding hydrogens is 336 g/mol. The van der Waals surface area contributed by atoms with Gasteiger partial charge in [0.25, 0.3) is 11.8 Å². The average Bonchev–Trinajstić information content (AvgIpc) is 3.34. The molecule has 0 saturated carbocycles. The van der Waals surface area contributed by atoms with Gasteiger partial charge in [-0.1, -0.05) is 12.1 Å². The number of nitrogens with one attached hydrogen (secondary N) is 1. The van der Waals surface area contributed by atoms with Gasteiger partial charge < -0.3 is 23.9 Å². The number of rotatable bonds is 8. The molecule has 2 heterocycles. The number of aromatic nitrogens is 3. The Morgan fingerprint density at radius 1 is 1.31 bits per heavy atom. The highest BCUT2D eigenvalue weighted by Crippen LogP contribution is 2.16. The minimum Gasteiger partial charge on any atom is -0.497 e. The Balaban J connectivity index is 1.52. The first-order chi connectivity index (χ1) is 12.7. The maximum absolute atomic E-state index is 12.2. The summed E-state index contributed by atoms with van der Waals surface area (Å²) >= 11 is 0. The summed E-state index contributed by atoms with van der Waals surface area (Å²) < 4.78 is 17.6. The predicted molar refractivity (Wildman–Crippen MR) is 92.9 cm³/mol. The Morgan fingerprint density at radius 3 is 2.85 bits per heavy atom. The van der Waals surface area contributed by atoms with Crippen LogP contribution >= 0.6 is 0 Å². The normalized spacial score (nSPS) is 10.5. The number of amides is 1. The van der Waals surface area contributed by atoms with E-state index in [4.69, 9.17) is 14.0 Å². The van der Waals surface area contributed by atoms with Gasteiger partial charge in [-0.05, 0) is 29.8 Å². The molecule has 0 aliphatic rings. The molecule has 0 aliphatic heterocycles. The van der Waals surface area contributed by atoms with Crippen molar-refractivity contribution in [3.63, 3.8) is 0 Å². The van der Waals surface area contributed by atoms with E-state index in [0.29, 0.717) is 13.2 Å². The Hall–Kier alpha value is -3.29. The summed E-state index contributed by atoms with van der Waals surface area (Å²) in [4.78, 5) is 16.2. The summed E-state index contributed by atoms with van der Waals surface area (Å²) in [6.45, 7) is 3.47. The molecule has 0 aliphatic carbocycles. The lowest BCUT2D eigenvalue weighted by Gasteiger charge is -2.05. The number of hydrogen-bond acceptors (Lipinski definition) is 6. The van der Waals surface area contributed by atoms with Crippen molar-refractivity contribution < 1.29 is 18.8 Å². The zero-order valence-electron chi connectivity index (χ0n) is 14.6. The lowest BCUT2D eigenvalue weighted by molar-refractivity contribution is 0.0912. The van der Waals surface area contributed by atoms with Crippen molar-refractivity contribution in [1.82, 2.24) is 20.0 Å². The molecule has 1 N–H and O–H groups in total. The summed E-state index contributed by atoms with van der Waals surface area (Å²) in [7, 11) is 1.61. The Bertz CT molecular complexity index is 854. The van der Waals surface area contributed by atoms with Gasteiger partial charge in [0, 0.05) is 12.7 Å². The van der Waals surface area contributed by atoms with Gasteiger partial charge in [-0.15, -0.1) is 0 Å². The molecule has 1 amide bonds. The van der Waals surface area contributed by atoms with Crippen LogP contribution in [0.3, 0.4) is 0 Å². The van der Waals surface area contributed by atoms with Crippen LogP contribution in [-0.2, 0) is 19.7 Å². The zero-order valence-corrected chi connectivity index (χ0v) is 14.6. The number of nitrogens with zero attached hydrogens (tertiary/aromatic N) is 3. The topological polar surface area (TPSA) is 91.4 Å². The van der Waals surface area contributed by atoms with Gasteiger partial charge in [-0.3, -0.25) is 4.79 Å². The van der Waals surface area contributed by atoms with Crippen molar-refractivity contribution in [2.24, 2.45) is 0 Å². The van der Waals surface area contributed by atoms with Crippen LogP contribution in [-0.4, -0.2) is 27.7 Å². The third kappa shape index (κ3) is 4.21. The standard InChI is InChI=1S/C18H20N4O4/c1-3-22-12-19-9-14(22)10-20-18(23)16-8-17(21-26-16)25-11-13-4-6-15(24-2)7-5-13/h4-9,12H,3,10-11H2,1-2H3,(H,20,23). The Morgan fingerprint density at radius 2 is 2.12 bits per heavy atom. The fourth-order valence-electron chi connectivity index (χ4n) is 2.35. The number of hydrogen-bond donors (Lipinski definition) is 1. The second kappa shape index (κ2) is 8.19. The molecule has 0 saturated heterocycles. The number of carbonyl (C=O) groups is 1. The van der Waals surface area contributed by atoms with E-state index >= 15 is 0 Å². The van der Waals surface area contributed by atoms with Gasteiger partial charge in [0.05, 0.1) is 31.7 Å². The van der Waals surface area contributed by atoms with Crippen molar-refractivity contribution in [3.8, 4) is 11.6 Å². The number of methoxy groups -OCH3 is 1. The number of ether oxygens (including phenoxy) is 2. The molecule has 26 heavy (non-hydrogen) atoms. The minimum atomic E-state index is -0.361. The fraction of sp³-hybridized carbons (Fsp3) is 0.278. The molecule has 0 radical (unpaired) electrons. The number of benzene rings is 1. The molecule has 0 spiro atoms. The van der Waals surface area contributed by atoms with E-state index in [-0.39, 0.29) is 17.5 Å². The van der Waals surface area contributed by atoms with Crippen LogP contribution in [0, 0.1) is 0 Å². The molecule has 0 fully saturated rings. The van der Waals surface area contributed by atoms with E-state index in [1.807, 2.05) is 35.8 Å². The van der Waals surface area contributed by atoms with Crippen LogP contribution in [0.5, 0.6) is 11.6 Å². The van der Waals surface area contributed by atoms with Crippen molar-refractivity contribution >= 4 is 5.91 Å². The van der Waals surface area contributed by atoms with Crippen LogP contribution in [0.4, 0.5) is 0 Å². The molecular formula is C18H20N4O4. The molecule has 0 atom stereocenters. The maximum atomic E-state index is 12.2. The van der Waals surface area contributed by atoms with E-state index in [0.717, 1.165) is 23.6 Å². The van der Waals surface area contributed by atoms with Crippen molar-refractivity contribution in [2.45, 2.75) is 26.6 Å². The molecule has 1 aromatic carbocycles. The number of imidazole rings is 1. The van der Waals surface area contributed by atoms with E-state index < -0.39 is 0 Å². The SMILES string of the molecule is CCn1cncc1CNC(=O)c1cc(OCc2ccc(OC)cc2)no1. The Kier molecular flexibility index (Phi) is 5.52. The highest BCUT2D eigenvalue weighted by molar-refractivity contribution is 5.91. The van der Waals surface area contributed by atoms with Gasteiger partial charge in [0.15, 0.2) is 0 Å². The van der Waals surface area contributed by atoms with Crippen LogP contribution in [0.15, 0.2) is 47.4 Å². The zero-order chi connectivity index (χ0) is 18.4. The van der Waals surface area contributed by atoms with Gasteiger partial charge in [-0.2, -0.15) is 0 Å². The third-order valence-corrected chi connectivity index (χ3v) is 3.83. The molecule has 0 unspecified atom stereocenters. The quantitative estimate of drug-likeness (QED) is 0.666. The molecule has 3 aromatic rings. The first-order valence-corrected chi connectivity index (χ1v) is 8.19. The van der Waals surface area contributed by atoms with Crippen LogP contribution in [0.2, 0.25) is 0 Å². The minimum absolute atomic E-state index is 0.0947. The summed E-state index contributed by atoms with van der Waals surface area (Å²) in [5.74, 6) is 0.765. The van der Waals surface area contributed by atoms with Gasteiger partial charge >= 0.3 is 0 Å². The van der Waals surface area contributed by atoms with Crippen molar-refractivity contribution in [3.05, 3.63) is 59.9 Å². The number of aryl methyl sites for hydroxylation is 1. The lowest BCUT2D eigenvalue weighted by atomic mass is 10.2.